The summed E-state index contributed by atoms with van der Waals surface area (Å²) in [4.78, 5) is 12.4. The summed E-state index contributed by atoms with van der Waals surface area (Å²) in [7, 11) is 0. The Kier molecular flexibility index (Phi) is 5.37. The van der Waals surface area contributed by atoms with E-state index in [1.54, 1.807) is 0 Å². The number of fused-ring (bicyclic) bond motifs is 1. The average molecular weight is 387 g/mol. The maximum Gasteiger partial charge on any atom is 0.351 e. The number of esters is 1. The summed E-state index contributed by atoms with van der Waals surface area (Å²) in [5.74, 6) is -0.137. The topological polar surface area (TPSA) is 62.1 Å². The molecular weight excluding hydrogens is 368 g/mol. The molecule has 1 aliphatic carbocycles. The molecule has 0 amide bonds. The molecule has 1 aliphatic heterocycles. The van der Waals surface area contributed by atoms with E-state index in [0.29, 0.717) is 22.7 Å². The number of rotatable bonds is 3. The van der Waals surface area contributed by atoms with Gasteiger partial charge in [0.15, 0.2) is 5.57 Å². The van der Waals surface area contributed by atoms with Crippen molar-refractivity contribution in [3.05, 3.63) is 45.6 Å². The van der Waals surface area contributed by atoms with Crippen LogP contribution in [0.3, 0.4) is 0 Å². The Morgan fingerprint density at radius 3 is 2.79 bits per heavy atom. The second-order valence-corrected chi connectivity index (χ2v) is 7.02. The number of benzene rings is 1. The van der Waals surface area contributed by atoms with Crippen molar-refractivity contribution < 1.29 is 9.53 Å². The molecule has 0 aromatic heterocycles. The van der Waals surface area contributed by atoms with Gasteiger partial charge in [0, 0.05) is 10.2 Å². The maximum absolute atomic E-state index is 12.4. The Balaban J connectivity index is 1.76. The van der Waals surface area contributed by atoms with Gasteiger partial charge in [-0.05, 0) is 52.4 Å². The van der Waals surface area contributed by atoms with Gasteiger partial charge in [-0.15, -0.1) is 0 Å². The number of nitriles is 1. The SMILES string of the molecule is N#CC(C(=O)OCC1CCCCC1)=C1Nc2ccccc2C=C1Br. The third-order valence-corrected chi connectivity index (χ3v) is 5.11. The summed E-state index contributed by atoms with van der Waals surface area (Å²) in [5, 5.41) is 12.6. The van der Waals surface area contributed by atoms with Crippen molar-refractivity contribution in [1.82, 2.24) is 0 Å². The standard InChI is InChI=1S/C19H19BrN2O2/c20-16-10-14-8-4-5-9-17(14)22-18(16)15(11-21)19(23)24-12-13-6-2-1-3-7-13/h4-5,8-10,13,22H,1-3,6-7,12H2. The van der Waals surface area contributed by atoms with Gasteiger partial charge in [-0.2, -0.15) is 5.26 Å². The molecule has 1 aromatic rings. The minimum atomic E-state index is -0.560. The van der Waals surface area contributed by atoms with Crippen LogP contribution < -0.4 is 5.32 Å². The number of carbonyl (C=O) groups excluding carboxylic acids is 1. The molecule has 1 saturated carbocycles. The lowest BCUT2D eigenvalue weighted by atomic mass is 9.90. The van der Waals surface area contributed by atoms with Gasteiger partial charge in [0.25, 0.3) is 0 Å². The van der Waals surface area contributed by atoms with E-state index in [1.807, 2.05) is 36.4 Å². The Hall–Kier alpha value is -2.06. The number of para-hydroxylation sites is 1. The third kappa shape index (κ3) is 3.70. The molecule has 1 N–H and O–H groups in total. The van der Waals surface area contributed by atoms with Crippen molar-refractivity contribution in [1.29, 1.82) is 5.26 Å². The molecule has 0 unspecified atom stereocenters. The lowest BCUT2D eigenvalue weighted by molar-refractivity contribution is -0.140. The van der Waals surface area contributed by atoms with Gasteiger partial charge >= 0.3 is 5.97 Å². The van der Waals surface area contributed by atoms with Gasteiger partial charge in [-0.3, -0.25) is 0 Å². The molecule has 0 radical (unpaired) electrons. The quantitative estimate of drug-likeness (QED) is 0.462. The van der Waals surface area contributed by atoms with E-state index in [-0.39, 0.29) is 5.57 Å². The molecule has 1 aromatic carbocycles. The largest absolute Gasteiger partial charge is 0.461 e. The first-order chi connectivity index (χ1) is 11.7. The smallest absolute Gasteiger partial charge is 0.351 e. The van der Waals surface area contributed by atoms with E-state index in [0.717, 1.165) is 24.1 Å². The van der Waals surface area contributed by atoms with Crippen LogP contribution in [0.2, 0.25) is 0 Å². The predicted octanol–water partition coefficient (Wildman–Crippen LogP) is 4.75. The van der Waals surface area contributed by atoms with Crippen LogP contribution in [-0.4, -0.2) is 12.6 Å². The number of anilines is 1. The molecule has 0 spiro atoms. The Labute approximate surface area is 150 Å². The molecule has 3 rings (SSSR count). The first-order valence-corrected chi connectivity index (χ1v) is 9.03. The molecule has 24 heavy (non-hydrogen) atoms. The van der Waals surface area contributed by atoms with Crippen LogP contribution in [-0.2, 0) is 9.53 Å². The number of hydrogen-bond acceptors (Lipinski definition) is 4. The minimum Gasteiger partial charge on any atom is -0.461 e. The summed E-state index contributed by atoms with van der Waals surface area (Å²) in [6.07, 6.45) is 7.75. The zero-order chi connectivity index (χ0) is 16.9. The summed E-state index contributed by atoms with van der Waals surface area (Å²) in [5.41, 5.74) is 2.33. The van der Waals surface area contributed by atoms with E-state index in [4.69, 9.17) is 4.74 Å². The second-order valence-electron chi connectivity index (χ2n) is 6.17. The number of allylic oxidation sites excluding steroid dienone is 1. The van der Waals surface area contributed by atoms with Crippen molar-refractivity contribution in [2.24, 2.45) is 5.92 Å². The maximum atomic E-state index is 12.4. The van der Waals surface area contributed by atoms with Crippen LogP contribution in [0.1, 0.15) is 37.7 Å². The molecule has 124 valence electrons. The van der Waals surface area contributed by atoms with Crippen LogP contribution in [0.5, 0.6) is 0 Å². The fourth-order valence-electron chi connectivity index (χ4n) is 3.14. The summed E-state index contributed by atoms with van der Waals surface area (Å²) in [6.45, 7) is 0.398. The Morgan fingerprint density at radius 1 is 1.29 bits per heavy atom. The third-order valence-electron chi connectivity index (χ3n) is 4.48. The van der Waals surface area contributed by atoms with Crippen LogP contribution in [0.25, 0.3) is 6.08 Å². The molecule has 0 atom stereocenters. The lowest BCUT2D eigenvalue weighted by Crippen LogP contribution is -2.20. The molecule has 4 nitrogen and oxygen atoms in total. The number of carbonyl (C=O) groups is 1. The van der Waals surface area contributed by atoms with Gasteiger partial charge in [-0.25, -0.2) is 4.79 Å². The number of nitrogens with one attached hydrogen (secondary N) is 1. The van der Waals surface area contributed by atoms with E-state index in [2.05, 4.69) is 21.2 Å². The molecule has 1 heterocycles. The zero-order valence-electron chi connectivity index (χ0n) is 13.3. The van der Waals surface area contributed by atoms with Crippen molar-refractivity contribution >= 4 is 33.7 Å². The fraction of sp³-hybridized carbons (Fsp3) is 0.368. The summed E-state index contributed by atoms with van der Waals surface area (Å²) in [6, 6.07) is 9.72. The molecule has 1 fully saturated rings. The molecular formula is C19H19BrN2O2. The van der Waals surface area contributed by atoms with Crippen LogP contribution >= 0.6 is 15.9 Å². The first kappa shape index (κ1) is 16.8. The number of nitrogens with zero attached hydrogens (tertiary/aromatic N) is 1. The van der Waals surface area contributed by atoms with Gasteiger partial charge in [-0.1, -0.05) is 37.5 Å². The van der Waals surface area contributed by atoms with Crippen LogP contribution in [0.15, 0.2) is 40.0 Å². The van der Waals surface area contributed by atoms with Crippen LogP contribution in [0, 0.1) is 17.2 Å². The Bertz CT molecular complexity index is 740. The monoisotopic (exact) mass is 386 g/mol. The highest BCUT2D eigenvalue weighted by molar-refractivity contribution is 9.12. The molecule has 0 saturated heterocycles. The number of halogens is 1. The average Bonchev–Trinajstić information content (AvgIpc) is 2.62. The second kappa shape index (κ2) is 7.67. The van der Waals surface area contributed by atoms with Crippen molar-refractivity contribution in [3.63, 3.8) is 0 Å². The number of ether oxygens (including phenoxy) is 1. The zero-order valence-corrected chi connectivity index (χ0v) is 14.9. The molecule has 5 heteroatoms. The normalized spacial score (nSPS) is 19.4. The van der Waals surface area contributed by atoms with E-state index in [1.165, 1.54) is 19.3 Å². The summed E-state index contributed by atoms with van der Waals surface area (Å²) >= 11 is 3.44. The highest BCUT2D eigenvalue weighted by Gasteiger charge is 2.24. The van der Waals surface area contributed by atoms with Crippen molar-refractivity contribution in [3.8, 4) is 6.07 Å². The van der Waals surface area contributed by atoms with Crippen molar-refractivity contribution in [2.75, 3.05) is 11.9 Å². The lowest BCUT2D eigenvalue weighted by Gasteiger charge is -2.22. The van der Waals surface area contributed by atoms with Crippen molar-refractivity contribution in [2.45, 2.75) is 32.1 Å². The van der Waals surface area contributed by atoms with Crippen LogP contribution in [0.4, 0.5) is 5.69 Å². The van der Waals surface area contributed by atoms with Gasteiger partial charge in [0.2, 0.25) is 0 Å². The summed E-state index contributed by atoms with van der Waals surface area (Å²) < 4.78 is 6.09. The van der Waals surface area contributed by atoms with E-state index in [9.17, 15) is 10.1 Å². The number of hydrogen-bond donors (Lipinski definition) is 1. The van der Waals surface area contributed by atoms with E-state index < -0.39 is 5.97 Å². The van der Waals surface area contributed by atoms with Gasteiger partial charge < -0.3 is 10.1 Å². The van der Waals surface area contributed by atoms with E-state index >= 15 is 0 Å². The molecule has 0 bridgehead atoms. The fourth-order valence-corrected chi connectivity index (χ4v) is 3.69. The minimum absolute atomic E-state index is 0.00318. The predicted molar refractivity (Wildman–Crippen MR) is 97.1 cm³/mol. The van der Waals surface area contributed by atoms with Gasteiger partial charge in [0.05, 0.1) is 12.3 Å². The Morgan fingerprint density at radius 2 is 2.04 bits per heavy atom. The highest BCUT2D eigenvalue weighted by Crippen LogP contribution is 2.34. The first-order valence-electron chi connectivity index (χ1n) is 8.24. The molecule has 2 aliphatic rings. The van der Waals surface area contributed by atoms with Gasteiger partial charge in [0.1, 0.15) is 6.07 Å². The highest BCUT2D eigenvalue weighted by atomic mass is 79.9.